The quantitative estimate of drug-likeness (QED) is 0.742. The second-order valence-electron chi connectivity index (χ2n) is 5.45. The zero-order chi connectivity index (χ0) is 18.5. The Hall–Kier alpha value is -2.73. The highest BCUT2D eigenvalue weighted by atomic mass is 32.2. The first-order valence-electron chi connectivity index (χ1n) is 8.22. The molecule has 1 amide bonds. The van der Waals surface area contributed by atoms with Crippen LogP contribution in [0.1, 0.15) is 12.5 Å². The Morgan fingerprint density at radius 3 is 2.58 bits per heavy atom. The van der Waals surface area contributed by atoms with Crippen molar-refractivity contribution in [1.29, 1.82) is 0 Å². The average molecular weight is 368 g/mol. The number of aliphatic imine (C=N–C) groups is 1. The smallest absolute Gasteiger partial charge is 0.283 e. The first-order valence-corrected chi connectivity index (χ1v) is 9.45. The number of rotatable bonds is 5. The lowest BCUT2D eigenvalue weighted by atomic mass is 10.1. The predicted molar refractivity (Wildman–Crippen MR) is 107 cm³/mol. The third-order valence-electron chi connectivity index (χ3n) is 3.82. The number of methoxy groups -OCH3 is 1. The van der Waals surface area contributed by atoms with E-state index in [-0.39, 0.29) is 5.91 Å². The zero-order valence-electron chi connectivity index (χ0n) is 14.9. The van der Waals surface area contributed by atoms with Crippen LogP contribution in [0.4, 0.5) is 5.69 Å². The van der Waals surface area contributed by atoms with Crippen LogP contribution in [0.25, 0.3) is 6.08 Å². The summed E-state index contributed by atoms with van der Waals surface area (Å²) in [5, 5.41) is 0.658. The van der Waals surface area contributed by atoms with Gasteiger partial charge in [0.05, 0.1) is 19.4 Å². The van der Waals surface area contributed by atoms with Gasteiger partial charge >= 0.3 is 0 Å². The highest BCUT2D eigenvalue weighted by Crippen LogP contribution is 2.31. The molecule has 0 N–H and O–H groups in total. The van der Waals surface area contributed by atoms with Gasteiger partial charge in [0.15, 0.2) is 16.7 Å². The number of para-hydroxylation sites is 1. The third kappa shape index (κ3) is 3.60. The number of amidine groups is 1. The third-order valence-corrected chi connectivity index (χ3v) is 4.46. The van der Waals surface area contributed by atoms with Crippen molar-refractivity contribution in [3.05, 3.63) is 59.8 Å². The normalized spacial score (nSPS) is 15.3. The maximum atomic E-state index is 12.9. The number of amides is 1. The van der Waals surface area contributed by atoms with Crippen LogP contribution in [-0.2, 0) is 4.79 Å². The molecule has 0 radical (unpaired) electrons. The number of hydrogen-bond donors (Lipinski definition) is 0. The lowest BCUT2D eigenvalue weighted by Gasteiger charge is -2.16. The molecular weight excluding hydrogens is 348 g/mol. The Morgan fingerprint density at radius 2 is 1.92 bits per heavy atom. The summed E-state index contributed by atoms with van der Waals surface area (Å²) in [5.41, 5.74) is 2.02. The summed E-state index contributed by atoms with van der Waals surface area (Å²) in [7, 11) is 1.59. The summed E-state index contributed by atoms with van der Waals surface area (Å²) in [6.07, 6.45) is 3.67. The largest absolute Gasteiger partial charge is 0.493 e. The first kappa shape index (κ1) is 18.1. The lowest BCUT2D eigenvalue weighted by molar-refractivity contribution is -0.113. The van der Waals surface area contributed by atoms with Gasteiger partial charge in [0.1, 0.15) is 5.70 Å². The summed E-state index contributed by atoms with van der Waals surface area (Å²) in [5.74, 6) is 1.16. The van der Waals surface area contributed by atoms with Gasteiger partial charge in [-0.2, -0.15) is 0 Å². The molecule has 0 unspecified atom stereocenters. The molecule has 0 aliphatic carbocycles. The standard InChI is InChI=1S/C20H20N2O3S/c1-4-25-17-11-10-14(13-18(17)24-2)12-16-19(23)22(20(21-16)26-3)15-8-6-5-7-9-15/h5-13H,4H2,1-3H3/b16-12+. The van der Waals surface area contributed by atoms with Gasteiger partial charge in [-0.05, 0) is 49.1 Å². The van der Waals surface area contributed by atoms with Crippen LogP contribution in [0.2, 0.25) is 0 Å². The molecule has 1 aliphatic heterocycles. The molecule has 0 aromatic heterocycles. The number of thioether (sulfide) groups is 1. The van der Waals surface area contributed by atoms with E-state index in [9.17, 15) is 4.79 Å². The van der Waals surface area contributed by atoms with E-state index in [0.29, 0.717) is 29.0 Å². The van der Waals surface area contributed by atoms with Crippen molar-refractivity contribution in [3.63, 3.8) is 0 Å². The van der Waals surface area contributed by atoms with Gasteiger partial charge in [-0.3, -0.25) is 9.69 Å². The summed E-state index contributed by atoms with van der Waals surface area (Å²) >= 11 is 1.44. The molecule has 3 rings (SSSR count). The summed E-state index contributed by atoms with van der Waals surface area (Å²) in [6, 6.07) is 15.1. The molecule has 0 fully saturated rings. The minimum atomic E-state index is -0.145. The van der Waals surface area contributed by atoms with Gasteiger partial charge in [0.2, 0.25) is 0 Å². The molecule has 26 heavy (non-hydrogen) atoms. The maximum absolute atomic E-state index is 12.9. The second-order valence-corrected chi connectivity index (χ2v) is 6.22. The van der Waals surface area contributed by atoms with Crippen molar-refractivity contribution in [1.82, 2.24) is 0 Å². The van der Waals surface area contributed by atoms with Crippen molar-refractivity contribution >= 4 is 34.6 Å². The molecule has 6 heteroatoms. The number of hydrogen-bond acceptors (Lipinski definition) is 5. The number of anilines is 1. The fourth-order valence-corrected chi connectivity index (χ4v) is 3.21. The molecule has 0 saturated carbocycles. The Labute approximate surface area is 157 Å². The molecule has 134 valence electrons. The summed E-state index contributed by atoms with van der Waals surface area (Å²) in [6.45, 7) is 2.48. The first-order chi connectivity index (χ1) is 12.7. The fourth-order valence-electron chi connectivity index (χ4n) is 2.64. The molecule has 1 heterocycles. The SMILES string of the molecule is CCOc1ccc(/C=C2/N=C(SC)N(c3ccccc3)C2=O)cc1OC. The Morgan fingerprint density at radius 1 is 1.15 bits per heavy atom. The Balaban J connectivity index is 1.94. The number of carbonyl (C=O) groups excluding carboxylic acids is 1. The van der Waals surface area contributed by atoms with E-state index < -0.39 is 0 Å². The molecule has 1 aliphatic rings. The molecule has 2 aromatic carbocycles. The molecular formula is C20H20N2O3S. The topological polar surface area (TPSA) is 51.1 Å². The molecule has 0 spiro atoms. The molecule has 0 bridgehead atoms. The molecule has 0 atom stereocenters. The lowest BCUT2D eigenvalue weighted by Crippen LogP contribution is -2.29. The predicted octanol–water partition coefficient (Wildman–Crippen LogP) is 4.20. The zero-order valence-corrected chi connectivity index (χ0v) is 15.7. The number of ether oxygens (including phenoxy) is 2. The van der Waals surface area contributed by atoms with Crippen LogP contribution in [0.15, 0.2) is 59.2 Å². The maximum Gasteiger partial charge on any atom is 0.283 e. The van der Waals surface area contributed by atoms with Gasteiger partial charge in [-0.15, -0.1) is 0 Å². The summed E-state index contributed by atoms with van der Waals surface area (Å²) < 4.78 is 10.9. The van der Waals surface area contributed by atoms with Crippen molar-refractivity contribution in [3.8, 4) is 11.5 Å². The van der Waals surface area contributed by atoms with Gasteiger partial charge < -0.3 is 9.47 Å². The molecule has 0 saturated heterocycles. The number of nitrogens with zero attached hydrogens (tertiary/aromatic N) is 2. The van der Waals surface area contributed by atoms with E-state index in [4.69, 9.17) is 9.47 Å². The van der Waals surface area contributed by atoms with E-state index >= 15 is 0 Å². The second kappa shape index (κ2) is 8.10. The van der Waals surface area contributed by atoms with Gasteiger partial charge in [0.25, 0.3) is 5.91 Å². The van der Waals surface area contributed by atoms with Gasteiger partial charge in [0, 0.05) is 0 Å². The highest BCUT2D eigenvalue weighted by molar-refractivity contribution is 8.13. The Kier molecular flexibility index (Phi) is 5.63. The van der Waals surface area contributed by atoms with Crippen LogP contribution in [0.5, 0.6) is 11.5 Å². The van der Waals surface area contributed by atoms with Crippen LogP contribution >= 0.6 is 11.8 Å². The van der Waals surface area contributed by atoms with E-state index in [1.165, 1.54) is 11.8 Å². The van der Waals surface area contributed by atoms with E-state index in [2.05, 4.69) is 4.99 Å². The summed E-state index contributed by atoms with van der Waals surface area (Å²) in [4.78, 5) is 19.0. The Bertz CT molecular complexity index is 863. The van der Waals surface area contributed by atoms with Crippen LogP contribution < -0.4 is 14.4 Å². The van der Waals surface area contributed by atoms with E-state index in [0.717, 1.165) is 11.3 Å². The number of carbonyl (C=O) groups is 1. The van der Waals surface area contributed by atoms with Crippen molar-refractivity contribution in [2.75, 3.05) is 24.9 Å². The molecule has 5 nitrogen and oxygen atoms in total. The highest BCUT2D eigenvalue weighted by Gasteiger charge is 2.31. The minimum Gasteiger partial charge on any atom is -0.493 e. The van der Waals surface area contributed by atoms with Crippen molar-refractivity contribution < 1.29 is 14.3 Å². The molecule has 2 aromatic rings. The van der Waals surface area contributed by atoms with E-state index in [1.54, 1.807) is 18.1 Å². The van der Waals surface area contributed by atoms with Gasteiger partial charge in [-0.1, -0.05) is 36.0 Å². The van der Waals surface area contributed by atoms with Crippen LogP contribution in [0.3, 0.4) is 0 Å². The van der Waals surface area contributed by atoms with E-state index in [1.807, 2.05) is 61.7 Å². The van der Waals surface area contributed by atoms with Crippen molar-refractivity contribution in [2.24, 2.45) is 4.99 Å². The minimum absolute atomic E-state index is 0.145. The number of benzene rings is 2. The monoisotopic (exact) mass is 368 g/mol. The van der Waals surface area contributed by atoms with Crippen LogP contribution in [-0.4, -0.2) is 31.0 Å². The average Bonchev–Trinajstić information content (AvgIpc) is 2.99. The van der Waals surface area contributed by atoms with Gasteiger partial charge in [-0.25, -0.2) is 4.99 Å². The van der Waals surface area contributed by atoms with Crippen molar-refractivity contribution in [2.45, 2.75) is 6.92 Å². The fraction of sp³-hybridized carbons (Fsp3) is 0.200. The van der Waals surface area contributed by atoms with Crippen LogP contribution in [0, 0.1) is 0 Å².